The Bertz CT molecular complexity index is 1870. The molecule has 5 rings (SSSR count). The first-order valence-corrected chi connectivity index (χ1v) is 26.9. The number of unbranched alkanes of at least 4 members (excludes halogenated alkanes) is 6. The van der Waals surface area contributed by atoms with E-state index >= 15 is 0 Å². The standard InChI is InChI=1S/C38H54N4O12S6/c1-5-9-17-39-33(43)25(34(44)40(39)18-10-6-2)37-55-29-27(53-21-13-15-23-59(47,48)49)31-32(28(30(29)56-37)54-22-14-16-24-60(50,51)52)58-38(57-31)26-35(45)41(19-11-7-3)42(36(26)46)20-12-8-4/h5-24H2,1-4H3,(H,47,48,49)(H,50,51,52). The number of rotatable bonds is 24. The number of carbonyl (C=O) groups is 4. The lowest BCUT2D eigenvalue weighted by Crippen LogP contribution is -2.42. The summed E-state index contributed by atoms with van der Waals surface area (Å²) in [6.45, 7) is 9.59. The molecule has 0 unspecified atom stereocenters. The first-order valence-electron chi connectivity index (χ1n) is 20.4. The monoisotopic (exact) mass is 950 g/mol. The van der Waals surface area contributed by atoms with E-state index in [1.807, 2.05) is 27.7 Å². The lowest BCUT2D eigenvalue weighted by atomic mass is 10.3. The molecule has 4 heterocycles. The zero-order chi connectivity index (χ0) is 43.8. The molecule has 2 saturated heterocycles. The van der Waals surface area contributed by atoms with E-state index in [0.717, 1.165) is 25.7 Å². The molecule has 1 aromatic rings. The van der Waals surface area contributed by atoms with E-state index in [9.17, 15) is 45.1 Å². The fourth-order valence-corrected chi connectivity index (χ4v) is 13.3. The van der Waals surface area contributed by atoms with Crippen molar-refractivity contribution in [2.45, 2.75) is 124 Å². The van der Waals surface area contributed by atoms with Crippen LogP contribution in [0, 0.1) is 0 Å². The maximum absolute atomic E-state index is 14.1. The number of hydrogen-bond donors (Lipinski definition) is 2. The third-order valence-corrected chi connectivity index (χ3v) is 16.6. The van der Waals surface area contributed by atoms with Crippen LogP contribution in [0.25, 0.3) is 0 Å². The van der Waals surface area contributed by atoms with Crippen LogP contribution in [-0.2, 0) is 39.4 Å². The Morgan fingerprint density at radius 3 is 0.950 bits per heavy atom. The minimum Gasteiger partial charge on any atom is -0.491 e. The zero-order valence-corrected chi connectivity index (χ0v) is 39.3. The van der Waals surface area contributed by atoms with E-state index in [0.29, 0.717) is 91.4 Å². The van der Waals surface area contributed by atoms with Gasteiger partial charge in [0.05, 0.1) is 52.8 Å². The van der Waals surface area contributed by atoms with E-state index in [1.165, 1.54) is 67.1 Å². The number of thioether (sulfide) groups is 4. The Balaban J connectivity index is 1.62. The molecule has 0 radical (unpaired) electrons. The molecule has 0 aromatic heterocycles. The summed E-state index contributed by atoms with van der Waals surface area (Å²) in [6, 6.07) is 0. The molecule has 60 heavy (non-hydrogen) atoms. The highest BCUT2D eigenvalue weighted by Gasteiger charge is 2.48. The molecule has 334 valence electrons. The van der Waals surface area contributed by atoms with Crippen LogP contribution in [0.2, 0.25) is 0 Å². The van der Waals surface area contributed by atoms with Gasteiger partial charge >= 0.3 is 0 Å². The zero-order valence-electron chi connectivity index (χ0n) is 34.4. The van der Waals surface area contributed by atoms with E-state index in [2.05, 4.69) is 0 Å². The lowest BCUT2D eigenvalue weighted by Gasteiger charge is -2.27. The van der Waals surface area contributed by atoms with Crippen LogP contribution in [0.1, 0.15) is 105 Å². The Morgan fingerprint density at radius 2 is 0.717 bits per heavy atom. The second-order valence-electron chi connectivity index (χ2n) is 14.5. The topological polar surface area (TPSA) is 208 Å². The fraction of sp³-hybridized carbons (Fsp3) is 0.632. The van der Waals surface area contributed by atoms with Crippen LogP contribution in [-0.4, -0.2) is 121 Å². The lowest BCUT2D eigenvalue weighted by molar-refractivity contribution is -0.147. The SMILES string of the molecule is CCCCN1C(=O)C(=C2Sc3c(OCCCCS(=O)(=O)O)c4c(c(OCCCCS(=O)(=O)O)c3S2)SC(=C2C(=O)N(CCCC)N(CCCC)C2=O)S4)C(=O)N1CCCC. The first-order chi connectivity index (χ1) is 28.6. The molecule has 4 aliphatic rings. The van der Waals surface area contributed by atoms with Crippen LogP contribution in [0.4, 0.5) is 0 Å². The van der Waals surface area contributed by atoms with Crippen molar-refractivity contribution in [1.82, 2.24) is 20.0 Å². The second-order valence-corrected chi connectivity index (χ2v) is 22.3. The van der Waals surface area contributed by atoms with Gasteiger partial charge in [-0.25, -0.2) is 20.0 Å². The van der Waals surface area contributed by atoms with Crippen molar-refractivity contribution >= 4 is 90.9 Å². The molecule has 4 amide bonds. The van der Waals surface area contributed by atoms with Gasteiger partial charge in [-0.15, -0.1) is 0 Å². The second kappa shape index (κ2) is 21.7. The van der Waals surface area contributed by atoms with Gasteiger partial charge in [0.1, 0.15) is 22.6 Å². The van der Waals surface area contributed by atoms with E-state index in [4.69, 9.17) is 9.47 Å². The van der Waals surface area contributed by atoms with Crippen molar-refractivity contribution in [1.29, 1.82) is 0 Å². The molecular weight excluding hydrogens is 897 g/mol. The summed E-state index contributed by atoms with van der Waals surface area (Å²) in [7, 11) is -8.40. The summed E-state index contributed by atoms with van der Waals surface area (Å²) in [4.78, 5) is 58.4. The van der Waals surface area contributed by atoms with Gasteiger partial charge in [-0.2, -0.15) is 16.8 Å². The summed E-state index contributed by atoms with van der Waals surface area (Å²) in [6.07, 6.45) is 6.79. The Hall–Kier alpha value is -2.60. The minimum absolute atomic E-state index is 0.0244. The number of hydrazine groups is 2. The average molecular weight is 951 g/mol. The highest BCUT2D eigenvalue weighted by molar-refractivity contribution is 8.26. The highest BCUT2D eigenvalue weighted by atomic mass is 32.2. The van der Waals surface area contributed by atoms with Gasteiger partial charge in [-0.05, 0) is 51.4 Å². The maximum Gasteiger partial charge on any atom is 0.279 e. The quantitative estimate of drug-likeness (QED) is 0.0464. The smallest absolute Gasteiger partial charge is 0.279 e. The number of nitrogens with zero attached hydrogens (tertiary/aromatic N) is 4. The van der Waals surface area contributed by atoms with Crippen LogP contribution < -0.4 is 9.47 Å². The third kappa shape index (κ3) is 11.5. The molecule has 1 aromatic carbocycles. The third-order valence-electron chi connectivity index (χ3n) is 9.78. The molecule has 4 aliphatic heterocycles. The molecule has 0 aliphatic carbocycles. The van der Waals surface area contributed by atoms with Gasteiger partial charge < -0.3 is 9.47 Å². The molecule has 16 nitrogen and oxygen atoms in total. The molecule has 2 N–H and O–H groups in total. The fourth-order valence-electron chi connectivity index (χ4n) is 6.60. The van der Waals surface area contributed by atoms with Gasteiger partial charge in [0, 0.05) is 26.2 Å². The maximum atomic E-state index is 14.1. The van der Waals surface area contributed by atoms with Gasteiger partial charge in [0.25, 0.3) is 43.9 Å². The normalized spacial score (nSPS) is 17.0. The number of ether oxygens (including phenoxy) is 2. The Kier molecular flexibility index (Phi) is 17.5. The highest BCUT2D eigenvalue weighted by Crippen LogP contribution is 2.69. The van der Waals surface area contributed by atoms with Gasteiger partial charge in [-0.1, -0.05) is 100 Å². The molecule has 2 fully saturated rings. The number of benzene rings is 1. The number of carbonyl (C=O) groups excluding carboxylic acids is 4. The van der Waals surface area contributed by atoms with Crippen molar-refractivity contribution in [2.24, 2.45) is 0 Å². The Labute approximate surface area is 369 Å². The van der Waals surface area contributed by atoms with Crippen molar-refractivity contribution in [3.8, 4) is 11.5 Å². The summed E-state index contributed by atoms with van der Waals surface area (Å²) in [5.41, 5.74) is 0.0488. The Morgan fingerprint density at radius 1 is 0.450 bits per heavy atom. The minimum atomic E-state index is -4.20. The van der Waals surface area contributed by atoms with Crippen molar-refractivity contribution in [3.63, 3.8) is 0 Å². The van der Waals surface area contributed by atoms with E-state index in [1.54, 1.807) is 0 Å². The van der Waals surface area contributed by atoms with E-state index in [-0.39, 0.29) is 50.0 Å². The molecule has 0 saturated carbocycles. The average Bonchev–Trinajstić information content (AvgIpc) is 3.92. The predicted octanol–water partition coefficient (Wildman–Crippen LogP) is 6.97. The molecule has 0 atom stereocenters. The first kappa shape index (κ1) is 48.4. The summed E-state index contributed by atoms with van der Waals surface area (Å²) in [5.74, 6) is -1.86. The number of fused-ring (bicyclic) bond motifs is 2. The molecule has 0 spiro atoms. The van der Waals surface area contributed by atoms with Crippen molar-refractivity contribution < 1.29 is 54.6 Å². The predicted molar refractivity (Wildman–Crippen MR) is 233 cm³/mol. The van der Waals surface area contributed by atoms with Crippen LogP contribution >= 0.6 is 47.0 Å². The number of amides is 4. The van der Waals surface area contributed by atoms with Crippen LogP contribution in [0.3, 0.4) is 0 Å². The molecular formula is C38H54N4O12S6. The van der Waals surface area contributed by atoms with Crippen LogP contribution in [0.15, 0.2) is 39.2 Å². The molecule has 22 heteroatoms. The largest absolute Gasteiger partial charge is 0.491 e. The summed E-state index contributed by atoms with van der Waals surface area (Å²) in [5, 5.41) is 6.06. The summed E-state index contributed by atoms with van der Waals surface area (Å²) < 4.78 is 78.2. The van der Waals surface area contributed by atoms with Gasteiger partial charge in [0.15, 0.2) is 0 Å². The van der Waals surface area contributed by atoms with Crippen LogP contribution in [0.5, 0.6) is 11.5 Å². The van der Waals surface area contributed by atoms with Crippen molar-refractivity contribution in [3.05, 3.63) is 19.6 Å². The summed E-state index contributed by atoms with van der Waals surface area (Å²) >= 11 is 4.69. The number of hydrogen-bond acceptors (Lipinski definition) is 14. The molecule has 0 bridgehead atoms. The van der Waals surface area contributed by atoms with Gasteiger partial charge in [0.2, 0.25) is 0 Å². The van der Waals surface area contributed by atoms with Gasteiger partial charge in [-0.3, -0.25) is 28.3 Å². The van der Waals surface area contributed by atoms with Crippen molar-refractivity contribution in [2.75, 3.05) is 50.9 Å². The van der Waals surface area contributed by atoms with E-state index < -0.39 is 55.4 Å².